The summed E-state index contributed by atoms with van der Waals surface area (Å²) in [7, 11) is 0. The topological polar surface area (TPSA) is 71.8 Å². The molecule has 0 saturated carbocycles. The van der Waals surface area contributed by atoms with Crippen LogP contribution in [0.2, 0.25) is 0 Å². The van der Waals surface area contributed by atoms with E-state index in [-0.39, 0.29) is 18.4 Å². The monoisotopic (exact) mass is 362 g/mol. The van der Waals surface area contributed by atoms with Crippen molar-refractivity contribution in [1.29, 1.82) is 0 Å². The molecule has 136 valence electrons. The minimum absolute atomic E-state index is 0.0142. The molecule has 0 unspecified atom stereocenters. The summed E-state index contributed by atoms with van der Waals surface area (Å²) >= 11 is 0. The molecule has 2 aromatic carbocycles. The van der Waals surface area contributed by atoms with E-state index >= 15 is 0 Å². The summed E-state index contributed by atoms with van der Waals surface area (Å²) in [5, 5.41) is 2.82. The van der Waals surface area contributed by atoms with Crippen molar-refractivity contribution in [1.82, 2.24) is 5.32 Å². The smallest absolute Gasteiger partial charge is 0.265 e. The average Bonchev–Trinajstić information content (AvgIpc) is 3.22. The van der Waals surface area contributed by atoms with Crippen molar-refractivity contribution in [3.63, 3.8) is 0 Å². The number of hydrogen-bond donors (Lipinski definition) is 1. The minimum atomic E-state index is -0.193. The first-order chi connectivity index (χ1) is 13.2. The Morgan fingerprint density at radius 2 is 1.96 bits per heavy atom. The van der Waals surface area contributed by atoms with Crippen molar-refractivity contribution >= 4 is 17.5 Å². The Kier molecular flexibility index (Phi) is 4.61. The maximum Gasteiger partial charge on any atom is 0.265 e. The minimum Gasteiger partial charge on any atom is -0.482 e. The SMILES string of the molecule is O=C(NCc1ccco1)c1cccc(CN2C(=O)COc3ccccc32)c1. The van der Waals surface area contributed by atoms with Gasteiger partial charge in [0.05, 0.1) is 25.0 Å². The van der Waals surface area contributed by atoms with Crippen molar-refractivity contribution in [2.24, 2.45) is 0 Å². The molecule has 1 aromatic heterocycles. The standard InChI is InChI=1S/C21H18N2O4/c24-20-14-27-19-9-2-1-8-18(19)23(20)13-15-5-3-6-16(11-15)21(25)22-12-17-7-4-10-26-17/h1-11H,12-14H2,(H,22,25). The Bertz CT molecular complexity index is 966. The van der Waals surface area contributed by atoms with Crippen molar-refractivity contribution in [2.75, 3.05) is 11.5 Å². The zero-order valence-electron chi connectivity index (χ0n) is 14.6. The van der Waals surface area contributed by atoms with Gasteiger partial charge in [0.15, 0.2) is 6.61 Å². The molecule has 1 N–H and O–H groups in total. The number of fused-ring (bicyclic) bond motifs is 1. The van der Waals surface area contributed by atoms with E-state index in [2.05, 4.69) is 5.32 Å². The molecule has 0 saturated heterocycles. The number of amides is 2. The van der Waals surface area contributed by atoms with Gasteiger partial charge >= 0.3 is 0 Å². The Labute approximate surface area is 156 Å². The fourth-order valence-electron chi connectivity index (χ4n) is 3.00. The van der Waals surface area contributed by atoms with Crippen LogP contribution in [0.4, 0.5) is 5.69 Å². The van der Waals surface area contributed by atoms with Crippen LogP contribution in [0.3, 0.4) is 0 Å². The quantitative estimate of drug-likeness (QED) is 0.757. The Morgan fingerprint density at radius 1 is 1.07 bits per heavy atom. The van der Waals surface area contributed by atoms with E-state index in [0.717, 1.165) is 11.3 Å². The second-order valence-corrected chi connectivity index (χ2v) is 6.20. The predicted molar refractivity (Wildman–Crippen MR) is 99.4 cm³/mol. The highest BCUT2D eigenvalue weighted by molar-refractivity contribution is 5.98. The Morgan fingerprint density at radius 3 is 2.81 bits per heavy atom. The highest BCUT2D eigenvalue weighted by Gasteiger charge is 2.25. The molecule has 1 aliphatic rings. The van der Waals surface area contributed by atoms with Crippen molar-refractivity contribution in [2.45, 2.75) is 13.1 Å². The number of furan rings is 1. The van der Waals surface area contributed by atoms with Crippen molar-refractivity contribution in [3.8, 4) is 5.75 Å². The van der Waals surface area contributed by atoms with Crippen LogP contribution in [0.1, 0.15) is 21.7 Å². The third kappa shape index (κ3) is 3.69. The lowest BCUT2D eigenvalue weighted by Gasteiger charge is -2.29. The van der Waals surface area contributed by atoms with Crippen LogP contribution in [-0.4, -0.2) is 18.4 Å². The van der Waals surface area contributed by atoms with Gasteiger partial charge in [0.2, 0.25) is 0 Å². The van der Waals surface area contributed by atoms with Gasteiger partial charge in [0, 0.05) is 5.56 Å². The maximum absolute atomic E-state index is 12.4. The zero-order chi connectivity index (χ0) is 18.6. The zero-order valence-corrected chi connectivity index (χ0v) is 14.6. The van der Waals surface area contributed by atoms with Gasteiger partial charge in [0.1, 0.15) is 11.5 Å². The number of nitrogens with zero attached hydrogens (tertiary/aromatic N) is 1. The lowest BCUT2D eigenvalue weighted by Crippen LogP contribution is -2.38. The van der Waals surface area contributed by atoms with E-state index in [4.69, 9.17) is 9.15 Å². The summed E-state index contributed by atoms with van der Waals surface area (Å²) in [6.45, 7) is 0.713. The lowest BCUT2D eigenvalue weighted by atomic mass is 10.1. The van der Waals surface area contributed by atoms with Gasteiger partial charge in [-0.2, -0.15) is 0 Å². The predicted octanol–water partition coefficient (Wildman–Crippen LogP) is 3.14. The molecule has 0 bridgehead atoms. The summed E-state index contributed by atoms with van der Waals surface area (Å²) in [6.07, 6.45) is 1.57. The molecule has 0 radical (unpaired) electrons. The summed E-state index contributed by atoms with van der Waals surface area (Å²) < 4.78 is 10.7. The molecule has 1 aliphatic heterocycles. The number of ether oxygens (including phenoxy) is 1. The summed E-state index contributed by atoms with van der Waals surface area (Å²) in [5.74, 6) is 1.07. The van der Waals surface area contributed by atoms with Gasteiger partial charge in [-0.05, 0) is 42.0 Å². The number of para-hydroxylation sites is 2. The number of anilines is 1. The molecule has 27 heavy (non-hydrogen) atoms. The first kappa shape index (κ1) is 16.9. The Balaban J connectivity index is 1.49. The van der Waals surface area contributed by atoms with E-state index in [0.29, 0.717) is 30.2 Å². The second-order valence-electron chi connectivity index (χ2n) is 6.20. The molecular weight excluding hydrogens is 344 g/mol. The highest BCUT2D eigenvalue weighted by Crippen LogP contribution is 2.32. The van der Waals surface area contributed by atoms with Crippen molar-refractivity contribution in [3.05, 3.63) is 83.8 Å². The maximum atomic E-state index is 12.4. The molecule has 2 amide bonds. The molecule has 0 aliphatic carbocycles. The molecule has 0 atom stereocenters. The van der Waals surface area contributed by atoms with Gasteiger partial charge < -0.3 is 19.4 Å². The number of benzene rings is 2. The third-order valence-electron chi connectivity index (χ3n) is 4.34. The highest BCUT2D eigenvalue weighted by atomic mass is 16.5. The molecule has 6 nitrogen and oxygen atoms in total. The van der Waals surface area contributed by atoms with Crippen LogP contribution in [0.5, 0.6) is 5.75 Å². The van der Waals surface area contributed by atoms with Gasteiger partial charge in [-0.3, -0.25) is 9.59 Å². The number of carbonyl (C=O) groups excluding carboxylic acids is 2. The summed E-state index contributed by atoms with van der Waals surface area (Å²) in [4.78, 5) is 26.4. The molecule has 2 heterocycles. The van der Waals surface area contributed by atoms with E-state index in [9.17, 15) is 9.59 Å². The van der Waals surface area contributed by atoms with E-state index in [1.807, 2.05) is 36.4 Å². The van der Waals surface area contributed by atoms with Gasteiger partial charge in [-0.1, -0.05) is 24.3 Å². The molecule has 4 rings (SSSR count). The van der Waals surface area contributed by atoms with Crippen LogP contribution in [-0.2, 0) is 17.9 Å². The first-order valence-corrected chi connectivity index (χ1v) is 8.62. The summed E-state index contributed by atoms with van der Waals surface area (Å²) in [6, 6.07) is 18.3. The Hall–Kier alpha value is -3.54. The summed E-state index contributed by atoms with van der Waals surface area (Å²) in [5.41, 5.74) is 2.14. The normalized spacial score (nSPS) is 13.0. The number of carbonyl (C=O) groups is 2. The number of hydrogen-bond acceptors (Lipinski definition) is 4. The fourth-order valence-corrected chi connectivity index (χ4v) is 3.00. The molecule has 3 aromatic rings. The van der Waals surface area contributed by atoms with E-state index in [1.54, 1.807) is 35.4 Å². The molecule has 0 spiro atoms. The number of rotatable bonds is 5. The van der Waals surface area contributed by atoms with E-state index in [1.165, 1.54) is 0 Å². The molecule has 6 heteroatoms. The van der Waals surface area contributed by atoms with Gasteiger partial charge in [0.25, 0.3) is 11.8 Å². The van der Waals surface area contributed by atoms with Crippen LogP contribution in [0.25, 0.3) is 0 Å². The molecule has 0 fully saturated rings. The van der Waals surface area contributed by atoms with Crippen LogP contribution < -0.4 is 15.0 Å². The largest absolute Gasteiger partial charge is 0.482 e. The van der Waals surface area contributed by atoms with Crippen LogP contribution in [0, 0.1) is 0 Å². The first-order valence-electron chi connectivity index (χ1n) is 8.62. The van der Waals surface area contributed by atoms with Crippen LogP contribution in [0.15, 0.2) is 71.3 Å². The molecular formula is C21H18N2O4. The average molecular weight is 362 g/mol. The number of nitrogens with one attached hydrogen (secondary N) is 1. The third-order valence-corrected chi connectivity index (χ3v) is 4.34. The lowest BCUT2D eigenvalue weighted by molar-refractivity contribution is -0.121. The fraction of sp³-hybridized carbons (Fsp3) is 0.143. The van der Waals surface area contributed by atoms with Crippen molar-refractivity contribution < 1.29 is 18.7 Å². The van der Waals surface area contributed by atoms with Gasteiger partial charge in [-0.25, -0.2) is 0 Å². The second kappa shape index (κ2) is 7.37. The van der Waals surface area contributed by atoms with Crippen LogP contribution >= 0.6 is 0 Å². The van der Waals surface area contributed by atoms with Gasteiger partial charge in [-0.15, -0.1) is 0 Å². The van der Waals surface area contributed by atoms with E-state index < -0.39 is 0 Å².